The third kappa shape index (κ3) is 4.22. The molecule has 0 spiro atoms. The molecular formula is C25H26N6O3. The van der Waals surface area contributed by atoms with Crippen LogP contribution in [-0.4, -0.2) is 47.7 Å². The Morgan fingerprint density at radius 3 is 2.79 bits per heavy atom. The highest BCUT2D eigenvalue weighted by atomic mass is 16.3. The molecule has 1 saturated carbocycles. The van der Waals surface area contributed by atoms with Gasteiger partial charge in [0.05, 0.1) is 28.9 Å². The van der Waals surface area contributed by atoms with Crippen molar-refractivity contribution in [2.24, 2.45) is 0 Å². The van der Waals surface area contributed by atoms with Gasteiger partial charge in [-0.3, -0.25) is 24.2 Å². The molecular weight excluding hydrogens is 432 g/mol. The Hall–Kier alpha value is -3.85. The average molecular weight is 459 g/mol. The van der Waals surface area contributed by atoms with E-state index in [0.717, 1.165) is 24.1 Å². The van der Waals surface area contributed by atoms with Crippen molar-refractivity contribution in [1.29, 1.82) is 0 Å². The third-order valence-corrected chi connectivity index (χ3v) is 6.13. The summed E-state index contributed by atoms with van der Waals surface area (Å²) < 4.78 is 3.50. The summed E-state index contributed by atoms with van der Waals surface area (Å²) in [5.74, 6) is 0.00506. The Bertz CT molecular complexity index is 1380. The molecule has 2 N–H and O–H groups in total. The number of ketones is 1. The molecule has 0 atom stereocenters. The molecule has 0 radical (unpaired) electrons. The molecule has 0 saturated heterocycles. The van der Waals surface area contributed by atoms with Crippen LogP contribution in [0, 0.1) is 0 Å². The van der Waals surface area contributed by atoms with Crippen molar-refractivity contribution in [3.8, 4) is 0 Å². The van der Waals surface area contributed by atoms with Crippen molar-refractivity contribution in [3.05, 3.63) is 72.2 Å². The van der Waals surface area contributed by atoms with Gasteiger partial charge in [0, 0.05) is 48.0 Å². The molecule has 0 aromatic carbocycles. The molecule has 1 amide bonds. The number of hydrogen-bond donors (Lipinski definition) is 2. The SMILES string of the molecule is CC(C)(CO)n1cc(C(=O)c2cc(NC(=O)Cn3ccc(C4CC4)n3)ccn2)c2cnccc21. The van der Waals surface area contributed by atoms with Crippen LogP contribution >= 0.6 is 0 Å². The van der Waals surface area contributed by atoms with Gasteiger partial charge >= 0.3 is 0 Å². The summed E-state index contributed by atoms with van der Waals surface area (Å²) in [5.41, 5.74) is 2.35. The first-order chi connectivity index (χ1) is 16.4. The lowest BCUT2D eigenvalue weighted by molar-refractivity contribution is -0.116. The van der Waals surface area contributed by atoms with Gasteiger partial charge in [-0.2, -0.15) is 5.10 Å². The molecule has 174 valence electrons. The molecule has 9 heteroatoms. The van der Waals surface area contributed by atoms with Crippen LogP contribution in [0.1, 0.15) is 54.4 Å². The largest absolute Gasteiger partial charge is 0.394 e. The number of pyridine rings is 2. The number of carbonyl (C=O) groups is 2. The second-order valence-electron chi connectivity index (χ2n) is 9.30. The van der Waals surface area contributed by atoms with Gasteiger partial charge in [0.1, 0.15) is 12.2 Å². The number of anilines is 1. The fourth-order valence-electron chi connectivity index (χ4n) is 4.01. The molecule has 1 aliphatic rings. The van der Waals surface area contributed by atoms with Gasteiger partial charge in [0.25, 0.3) is 0 Å². The minimum absolute atomic E-state index is 0.0910. The first-order valence-electron chi connectivity index (χ1n) is 11.3. The molecule has 9 nitrogen and oxygen atoms in total. The monoisotopic (exact) mass is 458 g/mol. The lowest BCUT2D eigenvalue weighted by atomic mass is 10.1. The first kappa shape index (κ1) is 22.0. The van der Waals surface area contributed by atoms with E-state index in [1.54, 1.807) is 35.4 Å². The maximum absolute atomic E-state index is 13.4. The summed E-state index contributed by atoms with van der Waals surface area (Å²) in [6.45, 7) is 3.78. The van der Waals surface area contributed by atoms with Crippen molar-refractivity contribution in [3.63, 3.8) is 0 Å². The molecule has 1 fully saturated rings. The number of amides is 1. The van der Waals surface area contributed by atoms with Crippen LogP contribution in [0.4, 0.5) is 5.69 Å². The minimum Gasteiger partial charge on any atom is -0.394 e. The van der Waals surface area contributed by atoms with Crippen LogP contribution in [0.15, 0.2) is 55.2 Å². The Morgan fingerprint density at radius 1 is 1.21 bits per heavy atom. The number of fused-ring (bicyclic) bond motifs is 1. The Labute approximate surface area is 196 Å². The number of aliphatic hydroxyl groups is 1. The summed E-state index contributed by atoms with van der Waals surface area (Å²) in [7, 11) is 0. The lowest BCUT2D eigenvalue weighted by Gasteiger charge is -2.25. The Kier molecular flexibility index (Phi) is 5.49. The number of aliphatic hydroxyl groups excluding tert-OH is 1. The van der Waals surface area contributed by atoms with Gasteiger partial charge in [-0.05, 0) is 51.0 Å². The van der Waals surface area contributed by atoms with E-state index in [1.165, 1.54) is 6.20 Å². The zero-order valence-corrected chi connectivity index (χ0v) is 19.1. The standard InChI is InChI=1S/C25H26N6O3/c1-25(2,15-32)31-13-19(18-12-26-8-6-22(18)31)24(34)21-11-17(5-9-27-21)28-23(33)14-30-10-7-20(29-30)16-3-4-16/h5-13,16,32H,3-4,14-15H2,1-2H3,(H,27,28,33). The van der Waals surface area contributed by atoms with E-state index < -0.39 is 5.54 Å². The average Bonchev–Trinajstić information content (AvgIpc) is 3.45. The summed E-state index contributed by atoms with van der Waals surface area (Å²) in [6, 6.07) is 6.98. The second-order valence-corrected chi connectivity index (χ2v) is 9.30. The second kappa shape index (κ2) is 8.49. The fraction of sp³-hybridized carbons (Fsp3) is 0.320. The Morgan fingerprint density at radius 2 is 2.03 bits per heavy atom. The number of hydrogen-bond acceptors (Lipinski definition) is 6. The lowest BCUT2D eigenvalue weighted by Crippen LogP contribution is -2.29. The summed E-state index contributed by atoms with van der Waals surface area (Å²) in [4.78, 5) is 34.3. The quantitative estimate of drug-likeness (QED) is 0.392. The summed E-state index contributed by atoms with van der Waals surface area (Å²) >= 11 is 0. The molecule has 4 aromatic heterocycles. The normalized spacial score (nSPS) is 13.9. The number of carbonyl (C=O) groups excluding carboxylic acids is 2. The van der Waals surface area contributed by atoms with E-state index in [1.807, 2.05) is 36.7 Å². The van der Waals surface area contributed by atoms with Crippen molar-refractivity contribution < 1.29 is 14.7 Å². The molecule has 5 rings (SSSR count). The van der Waals surface area contributed by atoms with E-state index in [2.05, 4.69) is 20.4 Å². The van der Waals surface area contributed by atoms with Gasteiger partial charge in [-0.25, -0.2) is 0 Å². The van der Waals surface area contributed by atoms with Crippen molar-refractivity contribution in [1.82, 2.24) is 24.3 Å². The molecule has 34 heavy (non-hydrogen) atoms. The zero-order valence-electron chi connectivity index (χ0n) is 19.1. The van der Waals surface area contributed by atoms with Gasteiger partial charge in [0.2, 0.25) is 11.7 Å². The van der Waals surface area contributed by atoms with E-state index in [-0.39, 0.29) is 30.5 Å². The van der Waals surface area contributed by atoms with Crippen molar-refractivity contribution in [2.45, 2.75) is 44.7 Å². The Balaban J connectivity index is 1.37. The van der Waals surface area contributed by atoms with Crippen LogP contribution in [-0.2, 0) is 16.9 Å². The predicted octanol–water partition coefficient (Wildman–Crippen LogP) is 3.10. The van der Waals surface area contributed by atoms with Crippen LogP contribution in [0.25, 0.3) is 10.9 Å². The number of nitrogens with zero attached hydrogens (tertiary/aromatic N) is 5. The fourth-order valence-corrected chi connectivity index (χ4v) is 4.01. The van der Waals surface area contributed by atoms with Gasteiger partial charge in [-0.1, -0.05) is 0 Å². The van der Waals surface area contributed by atoms with E-state index in [0.29, 0.717) is 22.6 Å². The van der Waals surface area contributed by atoms with Crippen LogP contribution in [0.2, 0.25) is 0 Å². The summed E-state index contributed by atoms with van der Waals surface area (Å²) in [5, 5.41) is 17.8. The van der Waals surface area contributed by atoms with E-state index in [4.69, 9.17) is 0 Å². The smallest absolute Gasteiger partial charge is 0.246 e. The van der Waals surface area contributed by atoms with Crippen molar-refractivity contribution >= 4 is 28.3 Å². The van der Waals surface area contributed by atoms with Gasteiger partial charge in [0.15, 0.2) is 0 Å². The molecule has 1 aliphatic carbocycles. The number of aromatic nitrogens is 5. The highest BCUT2D eigenvalue weighted by Crippen LogP contribution is 2.38. The first-order valence-corrected chi connectivity index (χ1v) is 11.3. The molecule has 0 unspecified atom stereocenters. The van der Waals surface area contributed by atoms with E-state index in [9.17, 15) is 14.7 Å². The van der Waals surface area contributed by atoms with Crippen LogP contribution in [0.3, 0.4) is 0 Å². The van der Waals surface area contributed by atoms with Crippen molar-refractivity contribution in [2.75, 3.05) is 11.9 Å². The maximum atomic E-state index is 13.4. The molecule has 4 heterocycles. The summed E-state index contributed by atoms with van der Waals surface area (Å²) in [6.07, 6.45) is 10.6. The third-order valence-electron chi connectivity index (χ3n) is 6.13. The highest BCUT2D eigenvalue weighted by Gasteiger charge is 2.27. The highest BCUT2D eigenvalue weighted by molar-refractivity contribution is 6.15. The van der Waals surface area contributed by atoms with Gasteiger partial charge in [-0.15, -0.1) is 0 Å². The maximum Gasteiger partial charge on any atom is 0.246 e. The van der Waals surface area contributed by atoms with Crippen LogP contribution < -0.4 is 5.32 Å². The molecule has 0 aliphatic heterocycles. The number of nitrogens with one attached hydrogen (secondary N) is 1. The molecule has 0 bridgehead atoms. The molecule has 4 aromatic rings. The van der Waals surface area contributed by atoms with Gasteiger partial charge < -0.3 is 15.0 Å². The van der Waals surface area contributed by atoms with E-state index >= 15 is 0 Å². The minimum atomic E-state index is -0.604. The topological polar surface area (TPSA) is 115 Å². The zero-order chi connectivity index (χ0) is 23.9. The predicted molar refractivity (Wildman–Crippen MR) is 127 cm³/mol. The number of rotatable bonds is 8. The van der Waals surface area contributed by atoms with Crippen LogP contribution in [0.5, 0.6) is 0 Å².